The molecule has 134 valence electrons. The summed E-state index contributed by atoms with van der Waals surface area (Å²) >= 11 is 0. The monoisotopic (exact) mass is 340 g/mol. The Bertz CT molecular complexity index is 572. The average molecular weight is 340 g/mol. The van der Waals surface area contributed by atoms with Crippen molar-refractivity contribution in [1.29, 1.82) is 0 Å². The number of benzene rings is 1. The molecule has 6 heteroatoms. The van der Waals surface area contributed by atoms with Crippen molar-refractivity contribution in [3.8, 4) is 0 Å². The predicted octanol–water partition coefficient (Wildman–Crippen LogP) is 2.58. The Labute approximate surface area is 142 Å². The van der Waals surface area contributed by atoms with E-state index in [1.165, 1.54) is 12.1 Å². The van der Waals surface area contributed by atoms with Crippen LogP contribution in [0.3, 0.4) is 0 Å². The molecule has 2 unspecified atom stereocenters. The molecule has 0 bridgehead atoms. The third-order valence-electron chi connectivity index (χ3n) is 4.78. The summed E-state index contributed by atoms with van der Waals surface area (Å²) in [6.45, 7) is 8.01. The molecule has 0 aromatic heterocycles. The third-order valence-corrected chi connectivity index (χ3v) is 4.78. The van der Waals surface area contributed by atoms with Gasteiger partial charge in [-0.1, -0.05) is 19.9 Å². The maximum Gasteiger partial charge on any atom is 0.225 e. The van der Waals surface area contributed by atoms with Crippen molar-refractivity contribution >= 4 is 5.91 Å². The second kappa shape index (κ2) is 8.03. The van der Waals surface area contributed by atoms with E-state index in [0.29, 0.717) is 31.7 Å². The van der Waals surface area contributed by atoms with Gasteiger partial charge in [-0.05, 0) is 18.9 Å². The number of piperazine rings is 1. The van der Waals surface area contributed by atoms with Crippen molar-refractivity contribution in [2.75, 3.05) is 26.2 Å². The lowest BCUT2D eigenvalue weighted by Crippen LogP contribution is -2.50. The quantitative estimate of drug-likeness (QED) is 0.896. The highest BCUT2D eigenvalue weighted by atomic mass is 19.1. The Morgan fingerprint density at radius 3 is 2.33 bits per heavy atom. The Kier molecular flexibility index (Phi) is 6.29. The molecule has 1 heterocycles. The van der Waals surface area contributed by atoms with Crippen LogP contribution in [0.25, 0.3) is 0 Å². The first-order valence-corrected chi connectivity index (χ1v) is 8.44. The number of carbonyl (C=O) groups excluding carboxylic acids is 1. The third kappa shape index (κ3) is 4.51. The van der Waals surface area contributed by atoms with Gasteiger partial charge in [0.1, 0.15) is 11.6 Å². The number of aliphatic hydroxyl groups is 1. The molecule has 1 amide bonds. The molecule has 2 atom stereocenters. The summed E-state index contributed by atoms with van der Waals surface area (Å²) in [7, 11) is 0. The number of aliphatic hydroxyl groups excluding tert-OH is 1. The second-order valence-electron chi connectivity index (χ2n) is 6.77. The number of rotatable bonds is 5. The van der Waals surface area contributed by atoms with Crippen LogP contribution < -0.4 is 0 Å². The fourth-order valence-corrected chi connectivity index (χ4v) is 2.94. The Hall–Kier alpha value is -1.53. The Balaban J connectivity index is 1.91. The van der Waals surface area contributed by atoms with Crippen molar-refractivity contribution in [2.45, 2.75) is 39.3 Å². The van der Waals surface area contributed by atoms with Gasteiger partial charge in [0.15, 0.2) is 0 Å². The molecule has 0 saturated carbocycles. The average Bonchev–Trinajstić information content (AvgIpc) is 2.54. The highest BCUT2D eigenvalue weighted by Gasteiger charge is 2.27. The number of carbonyl (C=O) groups is 1. The zero-order chi connectivity index (χ0) is 17.9. The van der Waals surface area contributed by atoms with Crippen LogP contribution in [0.15, 0.2) is 18.2 Å². The van der Waals surface area contributed by atoms with Gasteiger partial charge in [0.25, 0.3) is 0 Å². The van der Waals surface area contributed by atoms with Crippen LogP contribution in [0.5, 0.6) is 0 Å². The summed E-state index contributed by atoms with van der Waals surface area (Å²) in [6, 6.07) is 3.47. The van der Waals surface area contributed by atoms with E-state index in [9.17, 15) is 18.7 Å². The van der Waals surface area contributed by atoms with Gasteiger partial charge in [0, 0.05) is 43.9 Å². The second-order valence-corrected chi connectivity index (χ2v) is 6.77. The largest absolute Gasteiger partial charge is 0.392 e. The van der Waals surface area contributed by atoms with Crippen LogP contribution in [0.4, 0.5) is 8.78 Å². The van der Waals surface area contributed by atoms with E-state index in [1.807, 2.05) is 20.8 Å². The van der Waals surface area contributed by atoms with Gasteiger partial charge in [-0.25, -0.2) is 8.78 Å². The molecule has 1 aliphatic heterocycles. The van der Waals surface area contributed by atoms with Crippen molar-refractivity contribution in [1.82, 2.24) is 9.80 Å². The molecule has 4 nitrogen and oxygen atoms in total. The van der Waals surface area contributed by atoms with Gasteiger partial charge in [0.2, 0.25) is 5.91 Å². The minimum absolute atomic E-state index is 0.0449. The lowest BCUT2D eigenvalue weighted by atomic mass is 10.0. The molecule has 1 fully saturated rings. The molecule has 1 aromatic rings. The fraction of sp³-hybridized carbons (Fsp3) is 0.611. The molecule has 1 saturated heterocycles. The number of hydrogen-bond acceptors (Lipinski definition) is 3. The Morgan fingerprint density at radius 2 is 1.79 bits per heavy atom. The van der Waals surface area contributed by atoms with Gasteiger partial charge in [-0.15, -0.1) is 0 Å². The minimum atomic E-state index is -0.622. The van der Waals surface area contributed by atoms with E-state index in [0.717, 1.165) is 6.07 Å². The van der Waals surface area contributed by atoms with Crippen molar-refractivity contribution in [3.63, 3.8) is 0 Å². The SMILES string of the molecule is CC(C)C(O)CC(=O)N1CCN(C(C)c2ccc(F)cc2F)CC1. The molecular formula is C18H26F2N2O2. The summed E-state index contributed by atoms with van der Waals surface area (Å²) in [4.78, 5) is 16.0. The first-order valence-electron chi connectivity index (χ1n) is 8.44. The van der Waals surface area contributed by atoms with Crippen LogP contribution in [0, 0.1) is 17.6 Å². The lowest BCUT2D eigenvalue weighted by Gasteiger charge is -2.38. The summed E-state index contributed by atoms with van der Waals surface area (Å²) in [5, 5.41) is 9.84. The molecule has 1 aromatic carbocycles. The summed E-state index contributed by atoms with van der Waals surface area (Å²) in [6.07, 6.45) is -0.484. The topological polar surface area (TPSA) is 43.8 Å². The number of hydrogen-bond donors (Lipinski definition) is 1. The van der Waals surface area contributed by atoms with Gasteiger partial charge >= 0.3 is 0 Å². The molecule has 1 N–H and O–H groups in total. The van der Waals surface area contributed by atoms with E-state index < -0.39 is 17.7 Å². The smallest absolute Gasteiger partial charge is 0.225 e. The summed E-state index contributed by atoms with van der Waals surface area (Å²) in [5.41, 5.74) is 0.464. The highest BCUT2D eigenvalue weighted by Crippen LogP contribution is 2.25. The molecule has 1 aliphatic rings. The normalized spacial score (nSPS) is 18.7. The standard InChI is InChI=1S/C18H26F2N2O2/c1-12(2)17(23)11-18(24)22-8-6-21(7-9-22)13(3)15-5-4-14(19)10-16(15)20/h4-5,10,12-13,17,23H,6-9,11H2,1-3H3. The molecule has 24 heavy (non-hydrogen) atoms. The van der Waals surface area contributed by atoms with Crippen LogP contribution in [0.1, 0.15) is 38.8 Å². The zero-order valence-electron chi connectivity index (χ0n) is 14.5. The van der Waals surface area contributed by atoms with Crippen molar-refractivity contribution in [2.24, 2.45) is 5.92 Å². The van der Waals surface area contributed by atoms with Gasteiger partial charge in [-0.3, -0.25) is 9.69 Å². The maximum absolute atomic E-state index is 13.9. The Morgan fingerprint density at radius 1 is 1.17 bits per heavy atom. The van der Waals surface area contributed by atoms with Crippen molar-refractivity contribution in [3.05, 3.63) is 35.4 Å². The summed E-state index contributed by atoms with van der Waals surface area (Å²) < 4.78 is 27.0. The summed E-state index contributed by atoms with van der Waals surface area (Å²) in [5.74, 6) is -1.11. The number of amides is 1. The van der Waals surface area contributed by atoms with Gasteiger partial charge in [0.05, 0.1) is 12.5 Å². The first kappa shape index (κ1) is 18.8. The first-order chi connectivity index (χ1) is 11.3. The molecule has 0 radical (unpaired) electrons. The van der Waals surface area contributed by atoms with E-state index in [1.54, 1.807) is 4.90 Å². The predicted molar refractivity (Wildman–Crippen MR) is 88.4 cm³/mol. The molecule has 2 rings (SSSR count). The van der Waals surface area contributed by atoms with Crippen LogP contribution in [0.2, 0.25) is 0 Å². The molecule has 0 aliphatic carbocycles. The molecule has 0 spiro atoms. The maximum atomic E-state index is 13.9. The van der Waals surface area contributed by atoms with E-state index in [4.69, 9.17) is 0 Å². The van der Waals surface area contributed by atoms with E-state index >= 15 is 0 Å². The number of nitrogens with zero attached hydrogens (tertiary/aromatic N) is 2. The molecular weight excluding hydrogens is 314 g/mol. The van der Waals surface area contributed by atoms with Crippen LogP contribution in [-0.4, -0.2) is 53.1 Å². The van der Waals surface area contributed by atoms with Crippen LogP contribution >= 0.6 is 0 Å². The fourth-order valence-electron chi connectivity index (χ4n) is 2.94. The highest BCUT2D eigenvalue weighted by molar-refractivity contribution is 5.76. The van der Waals surface area contributed by atoms with E-state index in [2.05, 4.69) is 4.90 Å². The minimum Gasteiger partial charge on any atom is -0.392 e. The lowest BCUT2D eigenvalue weighted by molar-refractivity contribution is -0.135. The van der Waals surface area contributed by atoms with Gasteiger partial charge in [-0.2, -0.15) is 0 Å². The van der Waals surface area contributed by atoms with Gasteiger partial charge < -0.3 is 10.0 Å². The van der Waals surface area contributed by atoms with Crippen molar-refractivity contribution < 1.29 is 18.7 Å². The number of halogens is 2. The van der Waals surface area contributed by atoms with E-state index in [-0.39, 0.29) is 24.3 Å². The zero-order valence-corrected chi connectivity index (χ0v) is 14.5. The van der Waals surface area contributed by atoms with Crippen LogP contribution in [-0.2, 0) is 4.79 Å².